The minimum absolute atomic E-state index is 0.250. The van der Waals surface area contributed by atoms with Gasteiger partial charge in [0, 0.05) is 6.54 Å². The maximum absolute atomic E-state index is 10.6. The van der Waals surface area contributed by atoms with Gasteiger partial charge in [0.15, 0.2) is 0 Å². The molecule has 1 rings (SSSR count). The highest BCUT2D eigenvalue weighted by molar-refractivity contribution is 4.79. The Bertz CT molecular complexity index is 329. The van der Waals surface area contributed by atoms with Gasteiger partial charge < -0.3 is 14.4 Å². The highest BCUT2D eigenvalue weighted by Gasteiger charge is 2.12. The van der Waals surface area contributed by atoms with Crippen LogP contribution >= 0.6 is 0 Å². The van der Waals surface area contributed by atoms with Crippen molar-refractivity contribution < 1.29 is 9.52 Å². The molecular weight excluding hydrogens is 198 g/mol. The molecule has 0 saturated heterocycles. The fraction of sp³-hybridized carbons (Fsp3) is 0.778. The Hall–Kier alpha value is -1.14. The van der Waals surface area contributed by atoms with Gasteiger partial charge in [0.2, 0.25) is 5.89 Å². The molecule has 0 amide bonds. The second-order valence-corrected chi connectivity index (χ2v) is 3.35. The molecule has 1 aromatic rings. The number of hydrogen-bond acceptors (Lipinski definition) is 5. The number of nitrogens with zero attached hydrogens (tertiary/aromatic N) is 2. The van der Waals surface area contributed by atoms with Crippen molar-refractivity contribution in [2.75, 3.05) is 19.6 Å². The van der Waals surface area contributed by atoms with Crippen LogP contribution in [-0.2, 0) is 6.42 Å². The minimum Gasteiger partial charge on any atom is -0.392 e. The van der Waals surface area contributed by atoms with E-state index in [2.05, 4.69) is 15.1 Å². The normalized spacial score (nSPS) is 13.3. The molecule has 0 fully saturated rings. The molecule has 0 aromatic carbocycles. The summed E-state index contributed by atoms with van der Waals surface area (Å²) in [7, 11) is 0. The Morgan fingerprint density at radius 1 is 1.53 bits per heavy atom. The fourth-order valence-corrected chi connectivity index (χ4v) is 1.39. The topological polar surface area (TPSA) is 82.4 Å². The molecule has 15 heavy (non-hydrogen) atoms. The van der Waals surface area contributed by atoms with Crippen LogP contribution in [0.2, 0.25) is 0 Å². The molecule has 0 spiro atoms. The van der Waals surface area contributed by atoms with Crippen molar-refractivity contribution in [3.8, 4) is 0 Å². The third kappa shape index (κ3) is 3.85. The maximum atomic E-state index is 10.6. The Labute approximate surface area is 87.9 Å². The van der Waals surface area contributed by atoms with Crippen molar-refractivity contribution >= 4 is 0 Å². The number of aromatic amines is 1. The van der Waals surface area contributed by atoms with E-state index in [9.17, 15) is 9.90 Å². The van der Waals surface area contributed by atoms with Crippen LogP contribution in [-0.4, -0.2) is 45.9 Å². The maximum Gasteiger partial charge on any atom is 0.434 e. The highest BCUT2D eigenvalue weighted by Crippen LogP contribution is 1.99. The van der Waals surface area contributed by atoms with Gasteiger partial charge in [-0.05, 0) is 13.1 Å². The summed E-state index contributed by atoms with van der Waals surface area (Å²) in [6.07, 6.45) is -0.300. The molecule has 0 aliphatic carbocycles. The zero-order valence-corrected chi connectivity index (χ0v) is 9.06. The summed E-state index contributed by atoms with van der Waals surface area (Å²) in [6, 6.07) is 0. The molecule has 6 nitrogen and oxygen atoms in total. The summed E-state index contributed by atoms with van der Waals surface area (Å²) in [5, 5.41) is 15.5. The molecule has 0 saturated carbocycles. The predicted molar refractivity (Wildman–Crippen MR) is 54.6 cm³/mol. The van der Waals surface area contributed by atoms with Gasteiger partial charge in [-0.3, -0.25) is 0 Å². The van der Waals surface area contributed by atoms with Crippen LogP contribution in [0.4, 0.5) is 0 Å². The van der Waals surface area contributed by atoms with Crippen molar-refractivity contribution in [2.45, 2.75) is 26.4 Å². The number of aromatic nitrogens is 2. The van der Waals surface area contributed by atoms with Crippen LogP contribution in [0, 0.1) is 0 Å². The Morgan fingerprint density at radius 2 is 2.20 bits per heavy atom. The van der Waals surface area contributed by atoms with Gasteiger partial charge in [-0.15, -0.1) is 5.10 Å². The van der Waals surface area contributed by atoms with E-state index < -0.39 is 11.9 Å². The summed E-state index contributed by atoms with van der Waals surface area (Å²) in [4.78, 5) is 12.7. The molecule has 0 radical (unpaired) electrons. The highest BCUT2D eigenvalue weighted by atomic mass is 16.4. The zero-order valence-electron chi connectivity index (χ0n) is 9.06. The predicted octanol–water partition coefficient (Wildman–Crippen LogP) is -0.392. The van der Waals surface area contributed by atoms with E-state index in [0.29, 0.717) is 6.54 Å². The Kier molecular flexibility index (Phi) is 4.51. The van der Waals surface area contributed by atoms with E-state index in [4.69, 9.17) is 4.42 Å². The summed E-state index contributed by atoms with van der Waals surface area (Å²) in [5.74, 6) is -0.334. The number of H-pyrrole nitrogens is 1. The van der Waals surface area contributed by atoms with Gasteiger partial charge >= 0.3 is 5.76 Å². The van der Waals surface area contributed by atoms with Gasteiger partial charge in [-0.1, -0.05) is 13.8 Å². The largest absolute Gasteiger partial charge is 0.434 e. The summed E-state index contributed by atoms with van der Waals surface area (Å²) >= 11 is 0. The average Bonchev–Trinajstić information content (AvgIpc) is 2.60. The molecule has 2 N–H and O–H groups in total. The lowest BCUT2D eigenvalue weighted by atomic mass is 10.2. The van der Waals surface area contributed by atoms with Crippen LogP contribution in [0.3, 0.4) is 0 Å². The van der Waals surface area contributed by atoms with Crippen LogP contribution < -0.4 is 5.76 Å². The lowest BCUT2D eigenvalue weighted by Gasteiger charge is -2.20. The van der Waals surface area contributed by atoms with Gasteiger partial charge in [0.1, 0.15) is 0 Å². The molecule has 0 aliphatic heterocycles. The SMILES string of the molecule is CCN(CC)CC(O)Cc1n[nH]c(=O)o1. The standard InChI is InChI=1S/C9H17N3O3/c1-3-12(4-2)6-7(13)5-8-10-11-9(14)15-8/h7,13H,3-6H2,1-2H3,(H,11,14). The third-order valence-electron chi connectivity index (χ3n) is 2.26. The van der Waals surface area contributed by atoms with Crippen LogP contribution in [0.5, 0.6) is 0 Å². The second kappa shape index (κ2) is 5.67. The summed E-state index contributed by atoms with van der Waals surface area (Å²) in [5.41, 5.74) is 0. The van der Waals surface area contributed by atoms with Gasteiger partial charge in [-0.2, -0.15) is 0 Å². The third-order valence-corrected chi connectivity index (χ3v) is 2.26. The Morgan fingerprint density at radius 3 is 2.67 bits per heavy atom. The first-order valence-corrected chi connectivity index (χ1v) is 5.10. The number of nitrogens with one attached hydrogen (secondary N) is 1. The summed E-state index contributed by atoms with van der Waals surface area (Å²) < 4.78 is 4.70. The second-order valence-electron chi connectivity index (χ2n) is 3.35. The van der Waals surface area contributed by atoms with E-state index >= 15 is 0 Å². The first-order chi connectivity index (χ1) is 7.15. The minimum atomic E-state index is -0.583. The molecule has 0 bridgehead atoms. The van der Waals surface area contributed by atoms with E-state index in [0.717, 1.165) is 13.1 Å². The van der Waals surface area contributed by atoms with Gasteiger partial charge in [0.05, 0.1) is 12.5 Å². The molecular formula is C9H17N3O3. The van der Waals surface area contributed by atoms with E-state index in [1.165, 1.54) is 0 Å². The number of hydrogen-bond donors (Lipinski definition) is 2. The van der Waals surface area contributed by atoms with Crippen molar-refractivity contribution in [3.05, 3.63) is 16.4 Å². The lowest BCUT2D eigenvalue weighted by molar-refractivity contribution is 0.112. The fourth-order valence-electron chi connectivity index (χ4n) is 1.39. The number of rotatable bonds is 6. The average molecular weight is 215 g/mol. The number of aliphatic hydroxyl groups is 1. The number of aliphatic hydroxyl groups excluding tert-OH is 1. The molecule has 1 atom stereocenters. The first kappa shape index (κ1) is 11.9. The quantitative estimate of drug-likeness (QED) is 0.675. The molecule has 86 valence electrons. The van der Waals surface area contributed by atoms with Crippen molar-refractivity contribution in [1.82, 2.24) is 15.1 Å². The van der Waals surface area contributed by atoms with Crippen molar-refractivity contribution in [3.63, 3.8) is 0 Å². The molecule has 1 unspecified atom stereocenters. The molecule has 1 heterocycles. The van der Waals surface area contributed by atoms with Crippen molar-refractivity contribution in [2.24, 2.45) is 0 Å². The van der Waals surface area contributed by atoms with Gasteiger partial charge in [-0.25, -0.2) is 9.89 Å². The molecule has 0 aliphatic rings. The van der Waals surface area contributed by atoms with Crippen LogP contribution in [0.25, 0.3) is 0 Å². The summed E-state index contributed by atoms with van der Waals surface area (Å²) in [6.45, 7) is 6.40. The number of likely N-dealkylation sites (N-methyl/N-ethyl adjacent to an activating group) is 1. The molecule has 1 aromatic heterocycles. The van der Waals surface area contributed by atoms with Crippen LogP contribution in [0.15, 0.2) is 9.21 Å². The smallest absolute Gasteiger partial charge is 0.392 e. The monoisotopic (exact) mass is 215 g/mol. The first-order valence-electron chi connectivity index (χ1n) is 5.10. The van der Waals surface area contributed by atoms with Crippen LogP contribution in [0.1, 0.15) is 19.7 Å². The Balaban J connectivity index is 2.41. The van der Waals surface area contributed by atoms with Gasteiger partial charge in [0.25, 0.3) is 0 Å². The lowest BCUT2D eigenvalue weighted by Crippen LogP contribution is -2.33. The molecule has 6 heteroatoms. The van der Waals surface area contributed by atoms with E-state index in [-0.39, 0.29) is 12.3 Å². The zero-order chi connectivity index (χ0) is 11.3. The van der Waals surface area contributed by atoms with E-state index in [1.54, 1.807) is 0 Å². The van der Waals surface area contributed by atoms with Crippen molar-refractivity contribution in [1.29, 1.82) is 0 Å². The van der Waals surface area contributed by atoms with E-state index in [1.807, 2.05) is 13.8 Å².